The van der Waals surface area contributed by atoms with Crippen molar-refractivity contribution in [3.05, 3.63) is 59.4 Å². The second-order valence-corrected chi connectivity index (χ2v) is 5.96. The maximum absolute atomic E-state index is 14.0. The highest BCUT2D eigenvalue weighted by atomic mass is 19.1. The van der Waals surface area contributed by atoms with Crippen molar-refractivity contribution in [3.8, 4) is 17.1 Å². The zero-order valence-corrected chi connectivity index (χ0v) is 14.3. The molecule has 27 heavy (non-hydrogen) atoms. The summed E-state index contributed by atoms with van der Waals surface area (Å²) in [6.07, 6.45) is 4.77. The van der Waals surface area contributed by atoms with Crippen LogP contribution in [-0.4, -0.2) is 33.0 Å². The topological polar surface area (TPSA) is 116 Å². The van der Waals surface area contributed by atoms with Gasteiger partial charge in [0.25, 0.3) is 5.91 Å². The van der Waals surface area contributed by atoms with Crippen LogP contribution in [0, 0.1) is 5.82 Å². The summed E-state index contributed by atoms with van der Waals surface area (Å²) >= 11 is 0. The van der Waals surface area contributed by atoms with E-state index in [-0.39, 0.29) is 17.7 Å². The normalized spacial score (nSPS) is 15.8. The number of benzene rings is 1. The third-order valence-corrected chi connectivity index (χ3v) is 4.34. The van der Waals surface area contributed by atoms with Crippen LogP contribution < -0.4 is 15.8 Å². The number of nitrogens with two attached hydrogens (primary N) is 1. The minimum atomic E-state index is -0.443. The molecule has 8 nitrogen and oxygen atoms in total. The SMILES string of the molecule is COc1nccnc1-c1cc(F)ccc1C1Cc2nc(N)ncc2C(=O)N1. The van der Waals surface area contributed by atoms with Crippen molar-refractivity contribution in [2.45, 2.75) is 12.5 Å². The van der Waals surface area contributed by atoms with Crippen LogP contribution in [0.25, 0.3) is 11.3 Å². The molecule has 0 saturated heterocycles. The second-order valence-electron chi connectivity index (χ2n) is 5.96. The van der Waals surface area contributed by atoms with Crippen LogP contribution in [0.15, 0.2) is 36.8 Å². The van der Waals surface area contributed by atoms with Gasteiger partial charge in [0.1, 0.15) is 11.5 Å². The number of nitrogens with one attached hydrogen (secondary N) is 1. The molecule has 4 rings (SSSR count). The first-order valence-electron chi connectivity index (χ1n) is 8.14. The molecule has 0 fully saturated rings. The van der Waals surface area contributed by atoms with E-state index in [4.69, 9.17) is 10.5 Å². The number of carbonyl (C=O) groups is 1. The van der Waals surface area contributed by atoms with Crippen LogP contribution in [-0.2, 0) is 6.42 Å². The Morgan fingerprint density at radius 3 is 2.85 bits per heavy atom. The van der Waals surface area contributed by atoms with E-state index in [1.165, 1.54) is 37.8 Å². The van der Waals surface area contributed by atoms with E-state index in [1.54, 1.807) is 6.07 Å². The van der Waals surface area contributed by atoms with Gasteiger partial charge in [0.15, 0.2) is 0 Å². The van der Waals surface area contributed by atoms with E-state index in [9.17, 15) is 9.18 Å². The number of anilines is 1. The molecular formula is C18H15FN6O2. The quantitative estimate of drug-likeness (QED) is 0.724. The molecule has 136 valence electrons. The van der Waals surface area contributed by atoms with Crippen LogP contribution in [0.3, 0.4) is 0 Å². The lowest BCUT2D eigenvalue weighted by molar-refractivity contribution is 0.0923. The molecule has 2 aromatic heterocycles. The molecule has 0 radical (unpaired) electrons. The standard InChI is InChI=1S/C18H15FN6O2/c1-27-17-15(21-4-5-22-17)11-6-9(19)2-3-10(11)13-7-14-12(16(26)24-13)8-23-18(20)25-14/h2-6,8,13H,7H2,1H3,(H,24,26)(H2,20,23,25). The summed E-state index contributed by atoms with van der Waals surface area (Å²) in [6, 6.07) is 3.84. The number of methoxy groups -OCH3 is 1. The minimum absolute atomic E-state index is 0.0946. The number of aromatic nitrogens is 4. The van der Waals surface area contributed by atoms with Gasteiger partial charge in [-0.2, -0.15) is 0 Å². The summed E-state index contributed by atoms with van der Waals surface area (Å²) in [5.41, 5.74) is 8.11. The van der Waals surface area contributed by atoms with Crippen molar-refractivity contribution in [2.75, 3.05) is 12.8 Å². The van der Waals surface area contributed by atoms with Crippen LogP contribution in [0.2, 0.25) is 0 Å². The lowest BCUT2D eigenvalue weighted by Gasteiger charge is -2.26. The van der Waals surface area contributed by atoms with E-state index >= 15 is 0 Å². The number of rotatable bonds is 3. The summed E-state index contributed by atoms with van der Waals surface area (Å²) in [5, 5.41) is 2.90. The molecule has 0 saturated carbocycles. The van der Waals surface area contributed by atoms with Gasteiger partial charge in [-0.1, -0.05) is 6.07 Å². The van der Waals surface area contributed by atoms with Crippen LogP contribution >= 0.6 is 0 Å². The molecule has 1 unspecified atom stereocenters. The average molecular weight is 366 g/mol. The van der Waals surface area contributed by atoms with Crippen molar-refractivity contribution < 1.29 is 13.9 Å². The summed E-state index contributed by atoms with van der Waals surface area (Å²) < 4.78 is 19.2. The molecule has 3 aromatic rings. The molecule has 1 aliphatic heterocycles. The maximum Gasteiger partial charge on any atom is 0.255 e. The Kier molecular flexibility index (Phi) is 4.11. The maximum atomic E-state index is 14.0. The van der Waals surface area contributed by atoms with Crippen molar-refractivity contribution in [2.24, 2.45) is 0 Å². The van der Waals surface area contributed by atoms with Gasteiger partial charge in [0.05, 0.1) is 24.4 Å². The smallest absolute Gasteiger partial charge is 0.255 e. The predicted molar refractivity (Wildman–Crippen MR) is 94.3 cm³/mol. The first kappa shape index (κ1) is 16.8. The number of halogens is 1. The zero-order chi connectivity index (χ0) is 19.0. The molecule has 9 heteroatoms. The molecule has 0 aliphatic carbocycles. The van der Waals surface area contributed by atoms with Crippen molar-refractivity contribution in [3.63, 3.8) is 0 Å². The van der Waals surface area contributed by atoms with Gasteiger partial charge in [0, 0.05) is 30.6 Å². The van der Waals surface area contributed by atoms with E-state index in [1.807, 2.05) is 0 Å². The minimum Gasteiger partial charge on any atom is -0.479 e. The molecular weight excluding hydrogens is 351 g/mol. The molecule has 1 atom stereocenters. The van der Waals surface area contributed by atoms with Crippen LogP contribution in [0.5, 0.6) is 5.88 Å². The van der Waals surface area contributed by atoms with Gasteiger partial charge < -0.3 is 15.8 Å². The van der Waals surface area contributed by atoms with E-state index in [0.29, 0.717) is 34.5 Å². The molecule has 3 N–H and O–H groups in total. The monoisotopic (exact) mass is 366 g/mol. The van der Waals surface area contributed by atoms with E-state index in [0.717, 1.165) is 0 Å². The third kappa shape index (κ3) is 3.03. The number of hydrogen-bond acceptors (Lipinski definition) is 7. The van der Waals surface area contributed by atoms with Gasteiger partial charge >= 0.3 is 0 Å². The summed E-state index contributed by atoms with van der Waals surface area (Å²) in [6.45, 7) is 0. The largest absolute Gasteiger partial charge is 0.479 e. The highest BCUT2D eigenvalue weighted by Gasteiger charge is 2.29. The number of amides is 1. The van der Waals surface area contributed by atoms with Crippen molar-refractivity contribution in [1.82, 2.24) is 25.3 Å². The van der Waals surface area contributed by atoms with E-state index < -0.39 is 11.9 Å². The van der Waals surface area contributed by atoms with Gasteiger partial charge in [-0.25, -0.2) is 24.3 Å². The highest BCUT2D eigenvalue weighted by molar-refractivity contribution is 5.96. The van der Waals surface area contributed by atoms with Crippen LogP contribution in [0.1, 0.15) is 27.7 Å². The Morgan fingerprint density at radius 2 is 2.04 bits per heavy atom. The Morgan fingerprint density at radius 1 is 1.22 bits per heavy atom. The number of fused-ring (bicyclic) bond motifs is 1. The number of nitrogen functional groups attached to an aromatic ring is 1. The molecule has 0 spiro atoms. The Balaban J connectivity index is 1.83. The number of ether oxygens (including phenoxy) is 1. The highest BCUT2D eigenvalue weighted by Crippen LogP contribution is 2.35. The fourth-order valence-corrected chi connectivity index (χ4v) is 3.14. The second kappa shape index (κ2) is 6.60. The Labute approximate surface area is 153 Å². The zero-order valence-electron chi connectivity index (χ0n) is 14.3. The fourth-order valence-electron chi connectivity index (χ4n) is 3.14. The molecule has 1 aliphatic rings. The van der Waals surface area contributed by atoms with Gasteiger partial charge in [-0.3, -0.25) is 4.79 Å². The van der Waals surface area contributed by atoms with Crippen molar-refractivity contribution in [1.29, 1.82) is 0 Å². The Bertz CT molecular complexity index is 1040. The van der Waals surface area contributed by atoms with Crippen molar-refractivity contribution >= 4 is 11.9 Å². The van der Waals surface area contributed by atoms with Gasteiger partial charge in [-0.15, -0.1) is 0 Å². The summed E-state index contributed by atoms with van der Waals surface area (Å²) in [4.78, 5) is 28.9. The summed E-state index contributed by atoms with van der Waals surface area (Å²) in [5.74, 6) is -0.395. The molecule has 0 bridgehead atoms. The van der Waals surface area contributed by atoms with Gasteiger partial charge in [-0.05, 0) is 17.7 Å². The fraction of sp³-hybridized carbons (Fsp3) is 0.167. The summed E-state index contributed by atoms with van der Waals surface area (Å²) in [7, 11) is 1.46. The van der Waals surface area contributed by atoms with E-state index in [2.05, 4.69) is 25.3 Å². The average Bonchev–Trinajstić information content (AvgIpc) is 2.67. The molecule has 3 heterocycles. The molecule has 1 amide bonds. The van der Waals surface area contributed by atoms with Crippen LogP contribution in [0.4, 0.5) is 10.3 Å². The lowest BCUT2D eigenvalue weighted by Crippen LogP contribution is -2.36. The number of nitrogens with zero attached hydrogens (tertiary/aromatic N) is 4. The first-order chi connectivity index (χ1) is 13.1. The number of hydrogen-bond donors (Lipinski definition) is 2. The third-order valence-electron chi connectivity index (χ3n) is 4.34. The number of carbonyl (C=O) groups excluding carboxylic acids is 1. The van der Waals surface area contributed by atoms with Gasteiger partial charge in [0.2, 0.25) is 11.8 Å². The molecule has 1 aromatic carbocycles. The first-order valence-corrected chi connectivity index (χ1v) is 8.14. The Hall–Kier alpha value is -3.62. The predicted octanol–water partition coefficient (Wildman–Crippen LogP) is 1.69. The lowest BCUT2D eigenvalue weighted by atomic mass is 9.91.